The van der Waals surface area contributed by atoms with Gasteiger partial charge in [0.05, 0.1) is 0 Å². The first-order valence-electron chi connectivity index (χ1n) is 7.82. The molecule has 6 nitrogen and oxygen atoms in total. The monoisotopic (exact) mass is 342 g/mol. The molecule has 1 aliphatic heterocycles. The standard InChI is InChI=1S/C17H18N4O2S/c22-15(8-12-24-17-18-9-2-10-19-17)20-13-4-6-14(7-5-13)21-11-1-3-16(21)23/h2,4-7,9-10H,1,3,8,11-12H2,(H,20,22). The van der Waals surface area contributed by atoms with Gasteiger partial charge in [-0.15, -0.1) is 0 Å². The van der Waals surface area contributed by atoms with Gasteiger partial charge in [0, 0.05) is 48.9 Å². The second kappa shape index (κ2) is 7.92. The Balaban J connectivity index is 1.47. The highest BCUT2D eigenvalue weighted by molar-refractivity contribution is 7.99. The van der Waals surface area contributed by atoms with E-state index in [-0.39, 0.29) is 11.8 Å². The number of nitrogens with one attached hydrogen (secondary N) is 1. The predicted molar refractivity (Wildman–Crippen MR) is 94.0 cm³/mol. The van der Waals surface area contributed by atoms with E-state index in [2.05, 4.69) is 15.3 Å². The lowest BCUT2D eigenvalue weighted by molar-refractivity contribution is -0.117. The number of benzene rings is 1. The fraction of sp³-hybridized carbons (Fsp3) is 0.294. The van der Waals surface area contributed by atoms with E-state index in [4.69, 9.17) is 0 Å². The first-order valence-corrected chi connectivity index (χ1v) is 8.81. The zero-order chi connectivity index (χ0) is 16.8. The number of carbonyl (C=O) groups excluding carboxylic acids is 2. The summed E-state index contributed by atoms with van der Waals surface area (Å²) < 4.78 is 0. The van der Waals surface area contributed by atoms with E-state index >= 15 is 0 Å². The third-order valence-corrected chi connectivity index (χ3v) is 4.52. The highest BCUT2D eigenvalue weighted by atomic mass is 32.2. The molecule has 1 fully saturated rings. The van der Waals surface area contributed by atoms with E-state index in [0.717, 1.165) is 24.3 Å². The van der Waals surface area contributed by atoms with Crippen molar-refractivity contribution in [3.05, 3.63) is 42.7 Å². The molecule has 1 aromatic carbocycles. The molecule has 3 rings (SSSR count). The Morgan fingerprint density at radius 2 is 1.96 bits per heavy atom. The molecule has 0 atom stereocenters. The zero-order valence-electron chi connectivity index (χ0n) is 13.1. The van der Waals surface area contributed by atoms with E-state index in [1.165, 1.54) is 11.8 Å². The molecular formula is C17H18N4O2S. The maximum Gasteiger partial charge on any atom is 0.227 e. The Morgan fingerprint density at radius 1 is 1.21 bits per heavy atom. The molecular weight excluding hydrogens is 324 g/mol. The van der Waals surface area contributed by atoms with Gasteiger partial charge in [0.25, 0.3) is 0 Å². The molecule has 0 spiro atoms. The van der Waals surface area contributed by atoms with Crippen LogP contribution < -0.4 is 10.2 Å². The SMILES string of the molecule is O=C(CCSc1ncccn1)Nc1ccc(N2CCCC2=O)cc1. The van der Waals surface area contributed by atoms with Crippen molar-refractivity contribution in [1.82, 2.24) is 9.97 Å². The van der Waals surface area contributed by atoms with Crippen molar-refractivity contribution in [2.24, 2.45) is 0 Å². The van der Waals surface area contributed by atoms with Crippen LogP contribution in [0.1, 0.15) is 19.3 Å². The number of rotatable bonds is 6. The Kier molecular flexibility index (Phi) is 5.43. The van der Waals surface area contributed by atoms with Crippen LogP contribution in [0.3, 0.4) is 0 Å². The summed E-state index contributed by atoms with van der Waals surface area (Å²) in [5.74, 6) is 0.728. The van der Waals surface area contributed by atoms with Gasteiger partial charge >= 0.3 is 0 Å². The smallest absolute Gasteiger partial charge is 0.227 e. The molecule has 24 heavy (non-hydrogen) atoms. The first kappa shape index (κ1) is 16.4. The van der Waals surface area contributed by atoms with Crippen molar-refractivity contribution in [2.75, 3.05) is 22.5 Å². The molecule has 0 unspecified atom stereocenters. The molecule has 0 aliphatic carbocycles. The number of amides is 2. The average molecular weight is 342 g/mol. The van der Waals surface area contributed by atoms with Crippen LogP contribution in [0.2, 0.25) is 0 Å². The Morgan fingerprint density at radius 3 is 2.62 bits per heavy atom. The van der Waals surface area contributed by atoms with Crippen molar-refractivity contribution in [3.63, 3.8) is 0 Å². The highest BCUT2D eigenvalue weighted by Crippen LogP contribution is 2.23. The Labute approximate surface area is 144 Å². The summed E-state index contributed by atoms with van der Waals surface area (Å²) in [7, 11) is 0. The Hall–Kier alpha value is -2.41. The molecule has 0 bridgehead atoms. The number of aromatic nitrogens is 2. The third kappa shape index (κ3) is 4.32. The van der Waals surface area contributed by atoms with Gasteiger partial charge in [-0.3, -0.25) is 9.59 Å². The maximum absolute atomic E-state index is 12.0. The van der Waals surface area contributed by atoms with Gasteiger partial charge in [-0.05, 0) is 36.8 Å². The van der Waals surface area contributed by atoms with Crippen LogP contribution in [0.25, 0.3) is 0 Å². The van der Waals surface area contributed by atoms with E-state index in [1.807, 2.05) is 24.3 Å². The van der Waals surface area contributed by atoms with Gasteiger partial charge < -0.3 is 10.2 Å². The average Bonchev–Trinajstić information content (AvgIpc) is 3.03. The minimum Gasteiger partial charge on any atom is -0.326 e. The topological polar surface area (TPSA) is 75.2 Å². The largest absolute Gasteiger partial charge is 0.326 e. The van der Waals surface area contributed by atoms with E-state index < -0.39 is 0 Å². The minimum atomic E-state index is -0.0524. The van der Waals surface area contributed by atoms with Crippen LogP contribution in [0.5, 0.6) is 0 Å². The van der Waals surface area contributed by atoms with Gasteiger partial charge in [-0.25, -0.2) is 9.97 Å². The van der Waals surface area contributed by atoms with Crippen LogP contribution in [0.4, 0.5) is 11.4 Å². The molecule has 1 aromatic heterocycles. The summed E-state index contributed by atoms with van der Waals surface area (Å²) >= 11 is 1.45. The minimum absolute atomic E-state index is 0.0524. The number of anilines is 2. The number of thioether (sulfide) groups is 1. The van der Waals surface area contributed by atoms with E-state index in [0.29, 0.717) is 23.8 Å². The quantitative estimate of drug-likeness (QED) is 0.645. The van der Waals surface area contributed by atoms with Crippen LogP contribution >= 0.6 is 11.8 Å². The molecule has 124 valence electrons. The number of hydrogen-bond donors (Lipinski definition) is 1. The lowest BCUT2D eigenvalue weighted by Crippen LogP contribution is -2.23. The van der Waals surface area contributed by atoms with Gasteiger partial charge in [-0.2, -0.15) is 0 Å². The van der Waals surface area contributed by atoms with Gasteiger partial charge in [-0.1, -0.05) is 11.8 Å². The molecule has 2 amide bonds. The van der Waals surface area contributed by atoms with Gasteiger partial charge in [0.15, 0.2) is 5.16 Å². The second-order valence-electron chi connectivity index (χ2n) is 5.37. The van der Waals surface area contributed by atoms with Gasteiger partial charge in [0.2, 0.25) is 11.8 Å². The molecule has 0 saturated carbocycles. The molecule has 0 radical (unpaired) electrons. The number of nitrogens with zero attached hydrogens (tertiary/aromatic N) is 3. The van der Waals surface area contributed by atoms with Crippen molar-refractivity contribution in [2.45, 2.75) is 24.4 Å². The fourth-order valence-corrected chi connectivity index (χ4v) is 3.21. The van der Waals surface area contributed by atoms with Crippen molar-refractivity contribution >= 4 is 35.0 Å². The van der Waals surface area contributed by atoms with Crippen LogP contribution in [0.15, 0.2) is 47.9 Å². The first-order chi connectivity index (χ1) is 11.7. The normalized spacial score (nSPS) is 14.0. The summed E-state index contributed by atoms with van der Waals surface area (Å²) in [6.45, 7) is 0.767. The number of hydrogen-bond acceptors (Lipinski definition) is 5. The highest BCUT2D eigenvalue weighted by Gasteiger charge is 2.21. The molecule has 1 aliphatic rings. The molecule has 2 aromatic rings. The van der Waals surface area contributed by atoms with Crippen LogP contribution in [0, 0.1) is 0 Å². The van der Waals surface area contributed by atoms with Crippen molar-refractivity contribution in [1.29, 1.82) is 0 Å². The lowest BCUT2D eigenvalue weighted by atomic mass is 10.2. The summed E-state index contributed by atoms with van der Waals surface area (Å²) in [6, 6.07) is 9.14. The predicted octanol–water partition coefficient (Wildman–Crippen LogP) is 2.72. The van der Waals surface area contributed by atoms with E-state index in [1.54, 1.807) is 23.4 Å². The molecule has 7 heteroatoms. The molecule has 1 N–H and O–H groups in total. The van der Waals surface area contributed by atoms with E-state index in [9.17, 15) is 9.59 Å². The van der Waals surface area contributed by atoms with Gasteiger partial charge in [0.1, 0.15) is 0 Å². The van der Waals surface area contributed by atoms with Crippen LogP contribution in [-0.4, -0.2) is 34.1 Å². The van der Waals surface area contributed by atoms with Crippen molar-refractivity contribution < 1.29 is 9.59 Å². The summed E-state index contributed by atoms with van der Waals surface area (Å²) in [6.07, 6.45) is 5.26. The second-order valence-corrected chi connectivity index (χ2v) is 6.44. The lowest BCUT2D eigenvalue weighted by Gasteiger charge is -2.16. The summed E-state index contributed by atoms with van der Waals surface area (Å²) in [5.41, 5.74) is 1.61. The fourth-order valence-electron chi connectivity index (χ4n) is 2.46. The summed E-state index contributed by atoms with van der Waals surface area (Å²) in [5, 5.41) is 3.53. The molecule has 1 saturated heterocycles. The number of carbonyl (C=O) groups is 2. The molecule has 2 heterocycles. The van der Waals surface area contributed by atoms with Crippen LogP contribution in [-0.2, 0) is 9.59 Å². The zero-order valence-corrected chi connectivity index (χ0v) is 14.0. The summed E-state index contributed by atoms with van der Waals surface area (Å²) in [4.78, 5) is 33.7. The van der Waals surface area contributed by atoms with Crippen molar-refractivity contribution in [3.8, 4) is 0 Å². The third-order valence-electron chi connectivity index (χ3n) is 3.64. The maximum atomic E-state index is 12.0. The Bertz CT molecular complexity index is 706.